The fourth-order valence-electron chi connectivity index (χ4n) is 3.26. The average molecular weight is 362 g/mol. The average Bonchev–Trinajstić information content (AvgIpc) is 2.87. The number of aromatic nitrogens is 1. The van der Waals surface area contributed by atoms with E-state index in [2.05, 4.69) is 27.8 Å². The maximum absolute atomic E-state index is 13.0. The molecule has 2 heterocycles. The van der Waals surface area contributed by atoms with Gasteiger partial charge in [0.1, 0.15) is 0 Å². The molecule has 0 saturated carbocycles. The lowest BCUT2D eigenvalue weighted by Crippen LogP contribution is -2.34. The minimum atomic E-state index is 0.0806. The molecule has 4 nitrogen and oxygen atoms in total. The van der Waals surface area contributed by atoms with Gasteiger partial charge in [-0.3, -0.25) is 9.78 Å². The van der Waals surface area contributed by atoms with Crippen molar-refractivity contribution in [2.75, 3.05) is 13.1 Å². The Morgan fingerprint density at radius 2 is 2.23 bits per heavy atom. The number of hydrogen-bond donors (Lipinski definition) is 1. The summed E-state index contributed by atoms with van der Waals surface area (Å²) in [5, 5.41) is 0.897. The summed E-state index contributed by atoms with van der Waals surface area (Å²) in [5.74, 6) is 0.483. The zero-order valence-electron chi connectivity index (χ0n) is 12.8. The third kappa shape index (κ3) is 2.75. The number of nitrogens with zero attached hydrogens (tertiary/aromatic N) is 2. The maximum Gasteiger partial charge on any atom is 0.254 e. The van der Waals surface area contributed by atoms with Crippen molar-refractivity contribution < 1.29 is 4.79 Å². The third-order valence-corrected chi connectivity index (χ3v) is 4.88. The number of pyridine rings is 1. The van der Waals surface area contributed by atoms with Gasteiger partial charge in [0.25, 0.3) is 5.91 Å². The van der Waals surface area contributed by atoms with Crippen molar-refractivity contribution in [2.24, 2.45) is 11.7 Å². The lowest BCUT2D eigenvalue weighted by atomic mass is 10.1. The van der Waals surface area contributed by atoms with Crippen molar-refractivity contribution in [3.8, 4) is 0 Å². The van der Waals surface area contributed by atoms with Crippen LogP contribution in [0.4, 0.5) is 0 Å². The number of hydrogen-bond acceptors (Lipinski definition) is 3. The van der Waals surface area contributed by atoms with Crippen molar-refractivity contribution >= 4 is 32.7 Å². The number of likely N-dealkylation sites (tertiary alicyclic amines) is 1. The van der Waals surface area contributed by atoms with E-state index >= 15 is 0 Å². The molecule has 5 heteroatoms. The van der Waals surface area contributed by atoms with Crippen LogP contribution >= 0.6 is 15.9 Å². The van der Waals surface area contributed by atoms with Crippen molar-refractivity contribution in [1.82, 2.24) is 9.88 Å². The number of nitrogens with two attached hydrogens (primary N) is 1. The van der Waals surface area contributed by atoms with Crippen LogP contribution in [0.15, 0.2) is 28.7 Å². The van der Waals surface area contributed by atoms with Gasteiger partial charge in [-0.2, -0.15) is 0 Å². The van der Waals surface area contributed by atoms with Crippen LogP contribution in [0.1, 0.15) is 29.4 Å². The van der Waals surface area contributed by atoms with Crippen molar-refractivity contribution in [2.45, 2.75) is 26.3 Å². The van der Waals surface area contributed by atoms with Gasteiger partial charge >= 0.3 is 0 Å². The summed E-state index contributed by atoms with van der Waals surface area (Å²) in [6, 6.07) is 7.98. The van der Waals surface area contributed by atoms with E-state index in [0.29, 0.717) is 12.5 Å². The number of halogens is 1. The molecule has 3 rings (SSSR count). The molecule has 1 saturated heterocycles. The molecular weight excluding hydrogens is 342 g/mol. The van der Waals surface area contributed by atoms with E-state index in [-0.39, 0.29) is 11.9 Å². The molecule has 1 aliphatic rings. The van der Waals surface area contributed by atoms with E-state index in [1.54, 1.807) is 0 Å². The Labute approximate surface area is 138 Å². The van der Waals surface area contributed by atoms with Gasteiger partial charge in [-0.15, -0.1) is 0 Å². The molecular formula is C17H20BrN3O. The predicted octanol–water partition coefficient (Wildman–Crippen LogP) is 3.12. The topological polar surface area (TPSA) is 59.2 Å². The Balaban J connectivity index is 2.05. The highest BCUT2D eigenvalue weighted by Gasteiger charge is 2.32. The van der Waals surface area contributed by atoms with Crippen LogP contribution in [-0.4, -0.2) is 34.9 Å². The molecule has 116 valence electrons. The summed E-state index contributed by atoms with van der Waals surface area (Å²) in [5.41, 5.74) is 8.22. The highest BCUT2D eigenvalue weighted by Crippen LogP contribution is 2.28. The van der Waals surface area contributed by atoms with Gasteiger partial charge in [-0.1, -0.05) is 15.9 Å². The standard InChI is InChI=1S/C17H20BrN3O/c1-10-5-15(14-7-13(18)3-4-16(14)20-10)17(22)21-9-12(8-19)6-11(21)2/h3-5,7,11-12H,6,8-9,19H2,1-2H3. The van der Waals surface area contributed by atoms with E-state index < -0.39 is 0 Å². The van der Waals surface area contributed by atoms with Crippen molar-refractivity contribution in [3.63, 3.8) is 0 Å². The first-order valence-electron chi connectivity index (χ1n) is 7.57. The van der Waals surface area contributed by atoms with Gasteiger partial charge in [0.15, 0.2) is 0 Å². The van der Waals surface area contributed by atoms with Crippen molar-refractivity contribution in [1.29, 1.82) is 0 Å². The van der Waals surface area contributed by atoms with Crippen LogP contribution < -0.4 is 5.73 Å². The first-order valence-corrected chi connectivity index (χ1v) is 8.37. The molecule has 0 aliphatic carbocycles. The lowest BCUT2D eigenvalue weighted by molar-refractivity contribution is 0.0745. The Bertz CT molecular complexity index is 731. The van der Waals surface area contributed by atoms with Crippen LogP contribution in [0.3, 0.4) is 0 Å². The fraction of sp³-hybridized carbons (Fsp3) is 0.412. The maximum atomic E-state index is 13.0. The SMILES string of the molecule is Cc1cc(C(=O)N2CC(CN)CC2C)c2cc(Br)ccc2n1. The molecule has 1 amide bonds. The Morgan fingerprint density at radius 3 is 2.91 bits per heavy atom. The Morgan fingerprint density at radius 1 is 1.45 bits per heavy atom. The molecule has 2 unspecified atom stereocenters. The molecule has 22 heavy (non-hydrogen) atoms. The summed E-state index contributed by atoms with van der Waals surface area (Å²) in [6.07, 6.45) is 0.980. The Hall–Kier alpha value is -1.46. The first-order chi connectivity index (χ1) is 10.5. The van der Waals surface area contributed by atoms with E-state index in [0.717, 1.165) is 39.6 Å². The number of rotatable bonds is 2. The normalized spacial score (nSPS) is 21.5. The molecule has 2 atom stereocenters. The smallest absolute Gasteiger partial charge is 0.254 e. The summed E-state index contributed by atoms with van der Waals surface area (Å²) < 4.78 is 0.953. The van der Waals surface area contributed by atoms with Gasteiger partial charge in [-0.25, -0.2) is 0 Å². The van der Waals surface area contributed by atoms with E-state index in [4.69, 9.17) is 5.73 Å². The van der Waals surface area contributed by atoms with Crippen LogP contribution in [0.2, 0.25) is 0 Å². The summed E-state index contributed by atoms with van der Waals surface area (Å²) in [6.45, 7) is 5.40. The monoisotopic (exact) mass is 361 g/mol. The second kappa shape index (κ2) is 5.97. The number of carbonyl (C=O) groups is 1. The highest BCUT2D eigenvalue weighted by molar-refractivity contribution is 9.10. The second-order valence-electron chi connectivity index (χ2n) is 6.12. The molecule has 2 N–H and O–H groups in total. The van der Waals surface area contributed by atoms with Crippen molar-refractivity contribution in [3.05, 3.63) is 40.0 Å². The zero-order valence-corrected chi connectivity index (χ0v) is 14.4. The largest absolute Gasteiger partial charge is 0.336 e. The summed E-state index contributed by atoms with van der Waals surface area (Å²) in [7, 11) is 0. The van der Waals surface area contributed by atoms with Crippen LogP contribution in [0.25, 0.3) is 10.9 Å². The molecule has 0 radical (unpaired) electrons. The number of amides is 1. The number of fused-ring (bicyclic) bond motifs is 1. The first kappa shape index (κ1) is 15.4. The van der Waals surface area contributed by atoms with Gasteiger partial charge in [0.2, 0.25) is 0 Å². The van der Waals surface area contributed by atoms with Crippen LogP contribution in [-0.2, 0) is 0 Å². The quantitative estimate of drug-likeness (QED) is 0.893. The van der Waals surface area contributed by atoms with Gasteiger partial charge in [-0.05, 0) is 57.0 Å². The molecule has 1 aliphatic heterocycles. The van der Waals surface area contributed by atoms with Crippen LogP contribution in [0.5, 0.6) is 0 Å². The molecule has 1 fully saturated rings. The minimum Gasteiger partial charge on any atom is -0.336 e. The number of aryl methyl sites for hydroxylation is 1. The second-order valence-corrected chi connectivity index (χ2v) is 7.03. The Kier molecular flexibility index (Phi) is 4.19. The third-order valence-electron chi connectivity index (χ3n) is 4.38. The molecule has 0 bridgehead atoms. The molecule has 0 spiro atoms. The van der Waals surface area contributed by atoms with E-state index in [1.807, 2.05) is 36.1 Å². The number of carbonyl (C=O) groups excluding carboxylic acids is 1. The lowest BCUT2D eigenvalue weighted by Gasteiger charge is -2.22. The predicted molar refractivity (Wildman–Crippen MR) is 91.8 cm³/mol. The number of benzene rings is 1. The fourth-order valence-corrected chi connectivity index (χ4v) is 3.62. The van der Waals surface area contributed by atoms with Gasteiger partial charge < -0.3 is 10.6 Å². The summed E-state index contributed by atoms with van der Waals surface area (Å²) in [4.78, 5) is 19.5. The van der Waals surface area contributed by atoms with Crippen LogP contribution in [0, 0.1) is 12.8 Å². The van der Waals surface area contributed by atoms with E-state index in [9.17, 15) is 4.79 Å². The molecule has 1 aromatic heterocycles. The van der Waals surface area contributed by atoms with Gasteiger partial charge in [0, 0.05) is 28.1 Å². The highest BCUT2D eigenvalue weighted by atomic mass is 79.9. The van der Waals surface area contributed by atoms with E-state index in [1.165, 1.54) is 0 Å². The molecule has 1 aromatic carbocycles. The zero-order chi connectivity index (χ0) is 15.9. The van der Waals surface area contributed by atoms with Gasteiger partial charge in [0.05, 0.1) is 11.1 Å². The minimum absolute atomic E-state index is 0.0806. The summed E-state index contributed by atoms with van der Waals surface area (Å²) >= 11 is 3.48. The molecule has 2 aromatic rings.